The molecule has 0 radical (unpaired) electrons. The zero-order chi connectivity index (χ0) is 13.7. The normalized spacial score (nSPS) is 12.8. The summed E-state index contributed by atoms with van der Waals surface area (Å²) in [5.41, 5.74) is 11.4. The molecule has 18 heavy (non-hydrogen) atoms. The van der Waals surface area contributed by atoms with Crippen molar-refractivity contribution >= 4 is 0 Å². The summed E-state index contributed by atoms with van der Waals surface area (Å²) in [6.45, 7) is 1.13. The molecule has 0 saturated heterocycles. The summed E-state index contributed by atoms with van der Waals surface area (Å²) >= 11 is 0. The number of rotatable bonds is 6. The Kier molecular flexibility index (Phi) is 5.46. The molecular formula is C12H19F2N3O. The molecule has 0 aliphatic rings. The number of nitrogens with two attached hydrogens (primary N) is 2. The number of methoxy groups -OCH3 is 1. The van der Waals surface area contributed by atoms with E-state index in [1.165, 1.54) is 7.11 Å². The van der Waals surface area contributed by atoms with Crippen LogP contribution in [-0.4, -0.2) is 38.2 Å². The minimum Gasteiger partial charge on any atom is -0.494 e. The second-order valence-corrected chi connectivity index (χ2v) is 4.27. The molecule has 0 aliphatic carbocycles. The molecular weight excluding hydrogens is 240 g/mol. The van der Waals surface area contributed by atoms with E-state index in [2.05, 4.69) is 0 Å². The molecule has 1 aromatic rings. The Morgan fingerprint density at radius 1 is 1.33 bits per heavy atom. The molecule has 0 amide bonds. The summed E-state index contributed by atoms with van der Waals surface area (Å²) in [6, 6.07) is 2.00. The number of likely N-dealkylation sites (N-methyl/N-ethyl adjacent to an activating group) is 1. The molecule has 4 N–H and O–H groups in total. The van der Waals surface area contributed by atoms with E-state index in [1.54, 1.807) is 11.9 Å². The summed E-state index contributed by atoms with van der Waals surface area (Å²) in [4.78, 5) is 1.79. The van der Waals surface area contributed by atoms with E-state index in [4.69, 9.17) is 16.2 Å². The summed E-state index contributed by atoms with van der Waals surface area (Å²) in [6.07, 6.45) is 0. The van der Waals surface area contributed by atoms with Gasteiger partial charge < -0.3 is 21.1 Å². The van der Waals surface area contributed by atoms with Crippen molar-refractivity contribution in [2.75, 3.05) is 27.2 Å². The third kappa shape index (κ3) is 3.90. The van der Waals surface area contributed by atoms with Crippen molar-refractivity contribution in [2.45, 2.75) is 12.6 Å². The van der Waals surface area contributed by atoms with Crippen LogP contribution in [0, 0.1) is 11.6 Å². The van der Waals surface area contributed by atoms with Gasteiger partial charge in [0.25, 0.3) is 0 Å². The average molecular weight is 259 g/mol. The molecule has 4 nitrogen and oxygen atoms in total. The van der Waals surface area contributed by atoms with Gasteiger partial charge in [-0.1, -0.05) is 0 Å². The quantitative estimate of drug-likeness (QED) is 0.789. The van der Waals surface area contributed by atoms with Crippen molar-refractivity contribution in [3.05, 3.63) is 29.3 Å². The Bertz CT molecular complexity index is 401. The van der Waals surface area contributed by atoms with Crippen LogP contribution in [0.5, 0.6) is 5.75 Å². The van der Waals surface area contributed by atoms with Gasteiger partial charge in [0.15, 0.2) is 11.6 Å². The summed E-state index contributed by atoms with van der Waals surface area (Å²) < 4.78 is 31.8. The summed E-state index contributed by atoms with van der Waals surface area (Å²) in [7, 11) is 3.07. The first kappa shape index (κ1) is 14.8. The first-order chi connectivity index (χ1) is 8.47. The highest BCUT2D eigenvalue weighted by molar-refractivity contribution is 5.30. The summed E-state index contributed by atoms with van der Waals surface area (Å²) in [5, 5.41) is 0. The topological polar surface area (TPSA) is 64.5 Å². The van der Waals surface area contributed by atoms with E-state index in [-0.39, 0.29) is 23.9 Å². The lowest BCUT2D eigenvalue weighted by Crippen LogP contribution is -2.40. The molecule has 0 saturated carbocycles. The third-order valence-electron chi connectivity index (χ3n) is 2.61. The van der Waals surface area contributed by atoms with Gasteiger partial charge in [0, 0.05) is 37.3 Å². The van der Waals surface area contributed by atoms with Gasteiger partial charge in [-0.25, -0.2) is 8.78 Å². The van der Waals surface area contributed by atoms with Crippen molar-refractivity contribution < 1.29 is 13.5 Å². The third-order valence-corrected chi connectivity index (χ3v) is 2.61. The van der Waals surface area contributed by atoms with Gasteiger partial charge in [-0.15, -0.1) is 0 Å². The van der Waals surface area contributed by atoms with Crippen molar-refractivity contribution in [1.29, 1.82) is 0 Å². The van der Waals surface area contributed by atoms with Crippen LogP contribution in [0.15, 0.2) is 12.1 Å². The number of benzene rings is 1. The zero-order valence-electron chi connectivity index (χ0n) is 10.6. The van der Waals surface area contributed by atoms with E-state index in [9.17, 15) is 8.78 Å². The van der Waals surface area contributed by atoms with Gasteiger partial charge in [0.05, 0.1) is 7.11 Å². The molecule has 102 valence electrons. The van der Waals surface area contributed by atoms with Gasteiger partial charge in [-0.3, -0.25) is 0 Å². The Balaban J connectivity index is 2.75. The summed E-state index contributed by atoms with van der Waals surface area (Å²) in [5.74, 6) is -1.18. The van der Waals surface area contributed by atoms with Crippen LogP contribution in [0.25, 0.3) is 0 Å². The van der Waals surface area contributed by atoms with Crippen LogP contribution in [0.3, 0.4) is 0 Å². The van der Waals surface area contributed by atoms with Gasteiger partial charge in [-0.05, 0) is 13.1 Å². The molecule has 0 heterocycles. The predicted molar refractivity (Wildman–Crippen MR) is 66.3 cm³/mol. The van der Waals surface area contributed by atoms with Gasteiger partial charge in [0.2, 0.25) is 0 Å². The standard InChI is InChI=1S/C12H19F2N3O/c1-17(7-9(16)5-15)6-8-3-11(14)12(18-2)4-10(8)13/h3-4,9H,5-7,15-16H2,1-2H3. The fraction of sp³-hybridized carbons (Fsp3) is 0.500. The molecule has 0 aliphatic heterocycles. The van der Waals surface area contributed by atoms with Crippen LogP contribution in [0.2, 0.25) is 0 Å². The first-order valence-electron chi connectivity index (χ1n) is 5.64. The minimum atomic E-state index is -0.578. The van der Waals surface area contributed by atoms with Crippen LogP contribution >= 0.6 is 0 Å². The van der Waals surface area contributed by atoms with Crippen molar-refractivity contribution in [1.82, 2.24) is 4.90 Å². The molecule has 0 bridgehead atoms. The largest absolute Gasteiger partial charge is 0.494 e. The smallest absolute Gasteiger partial charge is 0.165 e. The van der Waals surface area contributed by atoms with Crippen molar-refractivity contribution in [2.24, 2.45) is 11.5 Å². The lowest BCUT2D eigenvalue weighted by Gasteiger charge is -2.20. The maximum atomic E-state index is 13.7. The van der Waals surface area contributed by atoms with E-state index >= 15 is 0 Å². The molecule has 1 atom stereocenters. The van der Waals surface area contributed by atoms with Crippen LogP contribution in [0.1, 0.15) is 5.56 Å². The number of halogens is 2. The van der Waals surface area contributed by atoms with Crippen LogP contribution < -0.4 is 16.2 Å². The maximum absolute atomic E-state index is 13.7. The average Bonchev–Trinajstić information content (AvgIpc) is 2.33. The first-order valence-corrected chi connectivity index (χ1v) is 5.64. The van der Waals surface area contributed by atoms with Crippen molar-refractivity contribution in [3.8, 4) is 5.75 Å². The highest BCUT2D eigenvalue weighted by atomic mass is 19.1. The number of nitrogens with zero attached hydrogens (tertiary/aromatic N) is 1. The fourth-order valence-corrected chi connectivity index (χ4v) is 1.68. The fourth-order valence-electron chi connectivity index (χ4n) is 1.68. The minimum absolute atomic E-state index is 0.0995. The predicted octanol–water partition coefficient (Wildman–Crippen LogP) is 0.691. The zero-order valence-corrected chi connectivity index (χ0v) is 10.6. The highest BCUT2D eigenvalue weighted by Crippen LogP contribution is 2.21. The van der Waals surface area contributed by atoms with Crippen molar-refractivity contribution in [3.63, 3.8) is 0 Å². The van der Waals surface area contributed by atoms with E-state index < -0.39 is 11.6 Å². The van der Waals surface area contributed by atoms with Gasteiger partial charge >= 0.3 is 0 Å². The highest BCUT2D eigenvalue weighted by Gasteiger charge is 2.13. The second-order valence-electron chi connectivity index (χ2n) is 4.27. The van der Waals surface area contributed by atoms with E-state index in [0.717, 1.165) is 12.1 Å². The number of ether oxygens (including phenoxy) is 1. The van der Waals surface area contributed by atoms with Gasteiger partial charge in [-0.2, -0.15) is 0 Å². The Labute approximate surface area is 106 Å². The van der Waals surface area contributed by atoms with Crippen LogP contribution in [0.4, 0.5) is 8.78 Å². The molecule has 0 fully saturated rings. The Morgan fingerprint density at radius 2 is 2.00 bits per heavy atom. The lowest BCUT2D eigenvalue weighted by molar-refractivity contribution is 0.299. The number of hydrogen-bond donors (Lipinski definition) is 2. The monoisotopic (exact) mass is 259 g/mol. The molecule has 1 aromatic carbocycles. The molecule has 1 unspecified atom stereocenters. The van der Waals surface area contributed by atoms with Crippen LogP contribution in [-0.2, 0) is 6.54 Å². The SMILES string of the molecule is COc1cc(F)c(CN(C)CC(N)CN)cc1F. The van der Waals surface area contributed by atoms with Gasteiger partial charge in [0.1, 0.15) is 5.82 Å². The number of hydrogen-bond acceptors (Lipinski definition) is 4. The Morgan fingerprint density at radius 3 is 2.56 bits per heavy atom. The molecule has 6 heteroatoms. The molecule has 1 rings (SSSR count). The molecule has 0 spiro atoms. The lowest BCUT2D eigenvalue weighted by atomic mass is 10.1. The molecule has 0 aromatic heterocycles. The van der Waals surface area contributed by atoms with E-state index in [1.807, 2.05) is 0 Å². The van der Waals surface area contributed by atoms with E-state index in [0.29, 0.717) is 13.1 Å². The Hall–Kier alpha value is -1.24. The maximum Gasteiger partial charge on any atom is 0.165 e. The second kappa shape index (κ2) is 6.63.